The molecule has 0 aliphatic carbocycles. The molecule has 78 valence electrons. The van der Waals surface area contributed by atoms with Crippen molar-refractivity contribution < 1.29 is 18.3 Å². The van der Waals surface area contributed by atoms with Crippen LogP contribution in [0.5, 0.6) is 0 Å². The molecule has 0 radical (unpaired) electrons. The minimum absolute atomic E-state index is 0.0888. The molecular formula is C8H8F3NOS. The Morgan fingerprint density at radius 2 is 2.14 bits per heavy atom. The fourth-order valence-corrected chi connectivity index (χ4v) is 1.62. The van der Waals surface area contributed by atoms with Crippen molar-refractivity contribution in [2.45, 2.75) is 11.2 Å². The Morgan fingerprint density at radius 1 is 1.43 bits per heavy atom. The third-order valence-electron chi connectivity index (χ3n) is 1.41. The van der Waals surface area contributed by atoms with E-state index >= 15 is 0 Å². The van der Waals surface area contributed by atoms with E-state index in [0.29, 0.717) is 0 Å². The summed E-state index contributed by atoms with van der Waals surface area (Å²) in [5.74, 6) is 0.208. The molecule has 0 bridgehead atoms. The lowest BCUT2D eigenvalue weighted by Crippen LogP contribution is -2.08. The van der Waals surface area contributed by atoms with E-state index in [1.165, 1.54) is 12.3 Å². The minimum Gasteiger partial charge on any atom is -0.396 e. The van der Waals surface area contributed by atoms with E-state index in [1.54, 1.807) is 0 Å². The molecule has 0 aliphatic heterocycles. The predicted octanol–water partition coefficient (Wildman–Crippen LogP) is 2.18. The molecule has 0 amide bonds. The Bertz CT molecular complexity index is 303. The van der Waals surface area contributed by atoms with Gasteiger partial charge in [-0.3, -0.25) is 0 Å². The van der Waals surface area contributed by atoms with Crippen LogP contribution in [0.2, 0.25) is 0 Å². The third-order valence-corrected chi connectivity index (χ3v) is 2.39. The topological polar surface area (TPSA) is 33.1 Å². The van der Waals surface area contributed by atoms with Gasteiger partial charge in [0.15, 0.2) is 0 Å². The lowest BCUT2D eigenvalue weighted by Gasteiger charge is -2.10. The van der Waals surface area contributed by atoms with Crippen LogP contribution < -0.4 is 0 Å². The summed E-state index contributed by atoms with van der Waals surface area (Å²) in [7, 11) is 0. The van der Waals surface area contributed by atoms with Crippen LogP contribution in [0.15, 0.2) is 23.4 Å². The fraction of sp³-hybridized carbons (Fsp3) is 0.375. The van der Waals surface area contributed by atoms with Crippen LogP contribution in [0.4, 0.5) is 13.2 Å². The van der Waals surface area contributed by atoms with Crippen molar-refractivity contribution in [2.24, 2.45) is 0 Å². The monoisotopic (exact) mass is 223 g/mol. The van der Waals surface area contributed by atoms with Crippen LogP contribution in [0.25, 0.3) is 0 Å². The maximum Gasteiger partial charge on any atom is 0.419 e. The molecule has 6 heteroatoms. The third kappa shape index (κ3) is 2.88. The number of hydrogen-bond donors (Lipinski definition) is 1. The molecule has 1 heterocycles. The highest BCUT2D eigenvalue weighted by Crippen LogP contribution is 2.34. The van der Waals surface area contributed by atoms with E-state index in [4.69, 9.17) is 5.11 Å². The molecule has 0 aromatic carbocycles. The van der Waals surface area contributed by atoms with Crippen molar-refractivity contribution in [1.29, 1.82) is 0 Å². The molecule has 0 unspecified atom stereocenters. The average Bonchev–Trinajstić information content (AvgIpc) is 2.14. The van der Waals surface area contributed by atoms with E-state index in [1.807, 2.05) is 0 Å². The number of hydrogen-bond acceptors (Lipinski definition) is 3. The molecule has 0 saturated carbocycles. The Morgan fingerprint density at radius 3 is 2.71 bits per heavy atom. The van der Waals surface area contributed by atoms with Crippen LogP contribution in [0.1, 0.15) is 5.56 Å². The summed E-state index contributed by atoms with van der Waals surface area (Å²) in [6.45, 7) is -0.168. The highest BCUT2D eigenvalue weighted by molar-refractivity contribution is 7.99. The van der Waals surface area contributed by atoms with Crippen LogP contribution in [-0.2, 0) is 6.18 Å². The first-order valence-electron chi connectivity index (χ1n) is 3.81. The van der Waals surface area contributed by atoms with E-state index < -0.39 is 11.7 Å². The maximum atomic E-state index is 12.4. The van der Waals surface area contributed by atoms with Gasteiger partial charge in [0.05, 0.1) is 12.2 Å². The Labute approximate surface area is 83.2 Å². The number of nitrogens with zero attached hydrogens (tertiary/aromatic N) is 1. The number of pyridine rings is 1. The Balaban J connectivity index is 2.92. The Kier molecular flexibility index (Phi) is 3.77. The van der Waals surface area contributed by atoms with E-state index in [2.05, 4.69) is 4.98 Å². The normalized spacial score (nSPS) is 11.7. The predicted molar refractivity (Wildman–Crippen MR) is 47.0 cm³/mol. The van der Waals surface area contributed by atoms with Crippen molar-refractivity contribution in [3.8, 4) is 0 Å². The van der Waals surface area contributed by atoms with Gasteiger partial charge in [-0.2, -0.15) is 13.2 Å². The molecule has 14 heavy (non-hydrogen) atoms. The second-order valence-corrected chi connectivity index (χ2v) is 3.51. The molecular weight excluding hydrogens is 215 g/mol. The molecule has 0 fully saturated rings. The number of halogens is 3. The van der Waals surface area contributed by atoms with Gasteiger partial charge in [-0.25, -0.2) is 4.98 Å². The summed E-state index contributed by atoms with van der Waals surface area (Å²) < 4.78 is 37.1. The highest BCUT2D eigenvalue weighted by atomic mass is 32.2. The van der Waals surface area contributed by atoms with Gasteiger partial charge in [0.25, 0.3) is 0 Å². The summed E-state index contributed by atoms with van der Waals surface area (Å²) >= 11 is 0.893. The molecule has 1 N–H and O–H groups in total. The standard InChI is InChI=1S/C8H8F3NOS/c9-8(10,11)6-2-1-3-12-7(6)14-5-4-13/h1-3,13H,4-5H2. The fourth-order valence-electron chi connectivity index (χ4n) is 0.864. The molecule has 0 saturated heterocycles. The zero-order valence-electron chi connectivity index (χ0n) is 7.08. The number of thioether (sulfide) groups is 1. The first-order valence-corrected chi connectivity index (χ1v) is 4.80. The van der Waals surface area contributed by atoms with Gasteiger partial charge in [-0.1, -0.05) is 0 Å². The maximum absolute atomic E-state index is 12.4. The quantitative estimate of drug-likeness (QED) is 0.797. The zero-order valence-corrected chi connectivity index (χ0v) is 7.90. The second kappa shape index (κ2) is 4.65. The van der Waals surface area contributed by atoms with Crippen LogP contribution >= 0.6 is 11.8 Å². The van der Waals surface area contributed by atoms with Gasteiger partial charge >= 0.3 is 6.18 Å². The minimum atomic E-state index is -4.38. The lowest BCUT2D eigenvalue weighted by atomic mass is 10.3. The van der Waals surface area contributed by atoms with Gasteiger partial charge < -0.3 is 5.11 Å². The number of aromatic nitrogens is 1. The highest BCUT2D eigenvalue weighted by Gasteiger charge is 2.33. The second-order valence-electron chi connectivity index (χ2n) is 2.43. The van der Waals surface area contributed by atoms with Crippen LogP contribution in [0, 0.1) is 0 Å². The summed E-state index contributed by atoms with van der Waals surface area (Å²) in [6.07, 6.45) is -3.08. The van der Waals surface area contributed by atoms with Crippen molar-refractivity contribution >= 4 is 11.8 Å². The van der Waals surface area contributed by atoms with E-state index in [0.717, 1.165) is 17.8 Å². The average molecular weight is 223 g/mol. The lowest BCUT2D eigenvalue weighted by molar-refractivity contribution is -0.140. The van der Waals surface area contributed by atoms with Gasteiger partial charge in [-0.15, -0.1) is 11.8 Å². The summed E-state index contributed by atoms with van der Waals surface area (Å²) in [5, 5.41) is 8.40. The molecule has 1 rings (SSSR count). The van der Waals surface area contributed by atoms with Gasteiger partial charge in [-0.05, 0) is 12.1 Å². The molecule has 0 spiro atoms. The smallest absolute Gasteiger partial charge is 0.396 e. The first kappa shape index (κ1) is 11.3. The molecule has 2 nitrogen and oxygen atoms in total. The van der Waals surface area contributed by atoms with Crippen LogP contribution in [-0.4, -0.2) is 22.5 Å². The zero-order chi connectivity index (χ0) is 10.6. The van der Waals surface area contributed by atoms with Crippen molar-refractivity contribution in [2.75, 3.05) is 12.4 Å². The van der Waals surface area contributed by atoms with E-state index in [9.17, 15) is 13.2 Å². The molecule has 0 aliphatic rings. The number of alkyl halides is 3. The van der Waals surface area contributed by atoms with Gasteiger partial charge in [0.1, 0.15) is 5.03 Å². The summed E-state index contributed by atoms with van der Waals surface area (Å²) in [4.78, 5) is 3.61. The van der Waals surface area contributed by atoms with Crippen molar-refractivity contribution in [1.82, 2.24) is 4.98 Å². The largest absolute Gasteiger partial charge is 0.419 e. The van der Waals surface area contributed by atoms with Gasteiger partial charge in [0, 0.05) is 11.9 Å². The molecule has 1 aromatic rings. The van der Waals surface area contributed by atoms with Gasteiger partial charge in [0.2, 0.25) is 0 Å². The number of aliphatic hydroxyl groups is 1. The SMILES string of the molecule is OCCSc1ncccc1C(F)(F)F. The summed E-state index contributed by atoms with van der Waals surface area (Å²) in [5.41, 5.74) is -0.751. The van der Waals surface area contributed by atoms with Crippen molar-refractivity contribution in [3.05, 3.63) is 23.9 Å². The molecule has 0 atom stereocenters. The number of rotatable bonds is 3. The molecule has 1 aromatic heterocycles. The van der Waals surface area contributed by atoms with Crippen molar-refractivity contribution in [3.63, 3.8) is 0 Å². The van der Waals surface area contributed by atoms with E-state index in [-0.39, 0.29) is 17.4 Å². The first-order chi connectivity index (χ1) is 6.55. The Hall–Kier alpha value is -0.750. The summed E-state index contributed by atoms with van der Waals surface area (Å²) in [6, 6.07) is 2.22. The van der Waals surface area contributed by atoms with Crippen LogP contribution in [0.3, 0.4) is 0 Å². The number of aliphatic hydroxyl groups excluding tert-OH is 1.